The zero-order chi connectivity index (χ0) is 12.3. The fraction of sp³-hybridized carbons (Fsp3) is 0.538. The Kier molecular flexibility index (Phi) is 3.62. The van der Waals surface area contributed by atoms with Crippen LogP contribution >= 0.6 is 0 Å². The van der Waals surface area contributed by atoms with Gasteiger partial charge >= 0.3 is 0 Å². The van der Waals surface area contributed by atoms with Gasteiger partial charge in [-0.1, -0.05) is 12.1 Å². The Balaban J connectivity index is 2.22. The zero-order valence-corrected chi connectivity index (χ0v) is 9.88. The molecule has 1 fully saturated rings. The number of alkyl halides is 2. The minimum absolute atomic E-state index is 0.0590. The van der Waals surface area contributed by atoms with Gasteiger partial charge in [-0.3, -0.25) is 0 Å². The van der Waals surface area contributed by atoms with Crippen molar-refractivity contribution in [1.82, 2.24) is 5.32 Å². The van der Waals surface area contributed by atoms with Gasteiger partial charge in [-0.2, -0.15) is 0 Å². The van der Waals surface area contributed by atoms with Crippen LogP contribution in [0.25, 0.3) is 0 Å². The van der Waals surface area contributed by atoms with Gasteiger partial charge in [-0.15, -0.1) is 0 Å². The first-order valence-electron chi connectivity index (χ1n) is 5.87. The summed E-state index contributed by atoms with van der Waals surface area (Å²) in [5.74, 6) is -2.86. The third kappa shape index (κ3) is 2.57. The molecule has 0 spiro atoms. The van der Waals surface area contributed by atoms with Crippen LogP contribution in [0.2, 0.25) is 0 Å². The molecule has 0 amide bonds. The highest BCUT2D eigenvalue weighted by atomic mass is 19.3. The first-order valence-corrected chi connectivity index (χ1v) is 5.87. The second-order valence-corrected chi connectivity index (χ2v) is 4.38. The Morgan fingerprint density at radius 3 is 2.65 bits per heavy atom. The van der Waals surface area contributed by atoms with E-state index in [2.05, 4.69) is 5.32 Å². The van der Waals surface area contributed by atoms with Crippen molar-refractivity contribution >= 4 is 0 Å². The molecule has 1 aliphatic heterocycles. The second kappa shape index (κ2) is 5.00. The van der Waals surface area contributed by atoms with E-state index in [-0.39, 0.29) is 5.56 Å². The van der Waals surface area contributed by atoms with Gasteiger partial charge in [0, 0.05) is 11.5 Å². The molecule has 0 radical (unpaired) electrons. The topological polar surface area (TPSA) is 21.3 Å². The number of halogens is 2. The molecule has 1 heterocycles. The second-order valence-electron chi connectivity index (χ2n) is 4.38. The van der Waals surface area contributed by atoms with Gasteiger partial charge < -0.3 is 10.1 Å². The molecule has 1 aromatic carbocycles. The first-order chi connectivity index (χ1) is 8.14. The molecule has 4 heteroatoms. The van der Waals surface area contributed by atoms with Crippen molar-refractivity contribution < 1.29 is 13.5 Å². The average Bonchev–Trinajstić information content (AvgIpc) is 2.40. The maximum Gasteiger partial charge on any atom is 0.276 e. The van der Waals surface area contributed by atoms with E-state index >= 15 is 0 Å². The average molecular weight is 241 g/mol. The molecule has 0 saturated carbocycles. The van der Waals surface area contributed by atoms with Crippen molar-refractivity contribution in [2.45, 2.75) is 18.8 Å². The lowest BCUT2D eigenvalue weighted by atomic mass is 9.87. The molecule has 0 aromatic heterocycles. The molecule has 0 unspecified atom stereocenters. The van der Waals surface area contributed by atoms with Crippen molar-refractivity contribution in [3.8, 4) is 5.75 Å². The number of hydrogen-bond donors (Lipinski definition) is 1. The number of piperidine rings is 1. The predicted molar refractivity (Wildman–Crippen MR) is 62.5 cm³/mol. The van der Waals surface area contributed by atoms with E-state index in [1.54, 1.807) is 12.1 Å². The van der Waals surface area contributed by atoms with Crippen molar-refractivity contribution in [2.75, 3.05) is 20.2 Å². The summed E-state index contributed by atoms with van der Waals surface area (Å²) in [4.78, 5) is 0. The number of hydrogen-bond acceptors (Lipinski definition) is 2. The fourth-order valence-corrected chi connectivity index (χ4v) is 2.25. The Bertz CT molecular complexity index is 375. The predicted octanol–water partition coefficient (Wildman–Crippen LogP) is 2.79. The molecular weight excluding hydrogens is 224 g/mol. The summed E-state index contributed by atoms with van der Waals surface area (Å²) in [7, 11) is 1.49. The maximum atomic E-state index is 14.3. The van der Waals surface area contributed by atoms with Crippen LogP contribution in [0.4, 0.5) is 8.78 Å². The quantitative estimate of drug-likeness (QED) is 0.878. The highest BCUT2D eigenvalue weighted by Gasteiger charge is 2.41. The molecule has 2 nitrogen and oxygen atoms in total. The molecule has 17 heavy (non-hydrogen) atoms. The van der Waals surface area contributed by atoms with Crippen LogP contribution in [0.3, 0.4) is 0 Å². The molecule has 1 aliphatic rings. The van der Waals surface area contributed by atoms with Crippen molar-refractivity contribution in [3.63, 3.8) is 0 Å². The molecule has 0 aliphatic carbocycles. The van der Waals surface area contributed by atoms with Crippen LogP contribution in [0.5, 0.6) is 5.75 Å². The van der Waals surface area contributed by atoms with Gasteiger partial charge in [0.05, 0.1) is 7.11 Å². The van der Waals surface area contributed by atoms with Gasteiger partial charge in [-0.25, -0.2) is 8.78 Å². The summed E-state index contributed by atoms with van der Waals surface area (Å²) in [5, 5.41) is 3.10. The smallest absolute Gasteiger partial charge is 0.276 e. The molecule has 1 aromatic rings. The Hall–Kier alpha value is -1.16. The summed E-state index contributed by atoms with van der Waals surface area (Å²) in [6.07, 6.45) is 1.04. The summed E-state index contributed by atoms with van der Waals surface area (Å²) in [6, 6.07) is 6.21. The largest absolute Gasteiger partial charge is 0.497 e. The maximum absolute atomic E-state index is 14.3. The number of nitrogens with one attached hydrogen (secondary N) is 1. The third-order valence-electron chi connectivity index (χ3n) is 3.31. The molecule has 0 bridgehead atoms. The highest BCUT2D eigenvalue weighted by Crippen LogP contribution is 2.41. The first kappa shape index (κ1) is 12.3. The van der Waals surface area contributed by atoms with E-state index in [1.807, 2.05) is 0 Å². The number of ether oxygens (including phenoxy) is 1. The zero-order valence-electron chi connectivity index (χ0n) is 9.88. The molecule has 2 rings (SSSR count). The van der Waals surface area contributed by atoms with Gasteiger partial charge in [0.1, 0.15) is 5.75 Å². The van der Waals surface area contributed by atoms with E-state index in [1.165, 1.54) is 19.2 Å². The standard InChI is InChI=1S/C13H17F2NO/c1-17-12-4-2-3-11(9-12)13(14,15)10-5-7-16-8-6-10/h2-4,9-10,16H,5-8H2,1H3. The van der Waals surface area contributed by atoms with Crippen LogP contribution in [0.1, 0.15) is 18.4 Å². The lowest BCUT2D eigenvalue weighted by Gasteiger charge is -2.30. The van der Waals surface area contributed by atoms with Crippen molar-refractivity contribution in [1.29, 1.82) is 0 Å². The van der Waals surface area contributed by atoms with Crippen LogP contribution in [-0.4, -0.2) is 20.2 Å². The number of methoxy groups -OCH3 is 1. The summed E-state index contributed by atoms with van der Waals surface area (Å²) < 4.78 is 33.5. The van der Waals surface area contributed by atoms with Gasteiger partial charge in [0.2, 0.25) is 0 Å². The monoisotopic (exact) mass is 241 g/mol. The number of rotatable bonds is 3. The van der Waals surface area contributed by atoms with Crippen LogP contribution in [0, 0.1) is 5.92 Å². The van der Waals surface area contributed by atoms with Crippen LogP contribution in [0.15, 0.2) is 24.3 Å². The Labute approximate surface area is 100.0 Å². The molecule has 1 N–H and O–H groups in total. The van der Waals surface area contributed by atoms with Gasteiger partial charge in [0.15, 0.2) is 0 Å². The van der Waals surface area contributed by atoms with Crippen LogP contribution in [-0.2, 0) is 5.92 Å². The highest BCUT2D eigenvalue weighted by molar-refractivity contribution is 5.31. The minimum atomic E-state index is -2.77. The fourth-order valence-electron chi connectivity index (χ4n) is 2.25. The van der Waals surface area contributed by atoms with Gasteiger partial charge in [0.25, 0.3) is 5.92 Å². The van der Waals surface area contributed by atoms with Crippen molar-refractivity contribution in [2.24, 2.45) is 5.92 Å². The lowest BCUT2D eigenvalue weighted by Crippen LogP contribution is -2.36. The van der Waals surface area contributed by atoms with Gasteiger partial charge in [-0.05, 0) is 38.1 Å². The van der Waals surface area contributed by atoms with Crippen molar-refractivity contribution in [3.05, 3.63) is 29.8 Å². The van der Waals surface area contributed by atoms with E-state index in [0.29, 0.717) is 31.7 Å². The summed E-state index contributed by atoms with van der Waals surface area (Å²) in [5.41, 5.74) is 0.0590. The SMILES string of the molecule is COc1cccc(C(F)(F)C2CCNCC2)c1. The number of benzene rings is 1. The summed E-state index contributed by atoms with van der Waals surface area (Å²) >= 11 is 0. The van der Waals surface area contributed by atoms with E-state index in [4.69, 9.17) is 4.74 Å². The molecule has 0 atom stereocenters. The van der Waals surface area contributed by atoms with E-state index in [0.717, 1.165) is 0 Å². The minimum Gasteiger partial charge on any atom is -0.497 e. The van der Waals surface area contributed by atoms with E-state index < -0.39 is 11.8 Å². The normalized spacial score (nSPS) is 18.1. The Morgan fingerprint density at radius 2 is 2.00 bits per heavy atom. The molecule has 1 saturated heterocycles. The van der Waals surface area contributed by atoms with Crippen LogP contribution < -0.4 is 10.1 Å². The molecule has 94 valence electrons. The Morgan fingerprint density at radius 1 is 1.29 bits per heavy atom. The third-order valence-corrected chi connectivity index (χ3v) is 3.31. The summed E-state index contributed by atoms with van der Waals surface area (Å²) in [6.45, 7) is 1.34. The van der Waals surface area contributed by atoms with E-state index in [9.17, 15) is 8.78 Å². The lowest BCUT2D eigenvalue weighted by molar-refractivity contribution is -0.0754. The molecular formula is C13H17F2NO.